The van der Waals surface area contributed by atoms with Gasteiger partial charge in [-0.25, -0.2) is 13.6 Å². The fraction of sp³-hybridized carbons (Fsp3) is 0.400. The molecule has 96 valence electrons. The molecule has 4 nitrogen and oxygen atoms in total. The lowest BCUT2D eigenvalue weighted by molar-refractivity contribution is 0.590. The number of rotatable bonds is 6. The summed E-state index contributed by atoms with van der Waals surface area (Å²) in [4.78, 5) is 0. The van der Waals surface area contributed by atoms with Gasteiger partial charge in [-0.15, -0.1) is 0 Å². The summed E-state index contributed by atoms with van der Waals surface area (Å²) in [5, 5.41) is 8.68. The number of halogens is 2. The van der Waals surface area contributed by atoms with E-state index in [-0.39, 0.29) is 5.75 Å². The summed E-state index contributed by atoms with van der Waals surface area (Å²) in [5.41, 5.74) is 0.977. The maximum Gasteiger partial charge on any atom is 0.209 e. The molecular formula is C10H14BrClN2O2S. The minimum absolute atomic E-state index is 0.00588. The molecule has 0 aromatic heterocycles. The molecule has 0 aliphatic carbocycles. The molecule has 1 aromatic rings. The monoisotopic (exact) mass is 340 g/mol. The molecule has 0 fully saturated rings. The Hall–Kier alpha value is -0.140. The summed E-state index contributed by atoms with van der Waals surface area (Å²) < 4.78 is 22.3. The van der Waals surface area contributed by atoms with Crippen molar-refractivity contribution in [2.75, 3.05) is 12.3 Å². The first-order valence-corrected chi connectivity index (χ1v) is 7.92. The highest BCUT2D eigenvalue weighted by molar-refractivity contribution is 9.10. The third kappa shape index (κ3) is 6.38. The van der Waals surface area contributed by atoms with Crippen LogP contribution in [0.2, 0.25) is 5.02 Å². The Morgan fingerprint density at radius 3 is 2.71 bits per heavy atom. The lowest BCUT2D eigenvalue weighted by Crippen LogP contribution is -2.22. The third-order valence-electron chi connectivity index (χ3n) is 2.11. The minimum Gasteiger partial charge on any atom is -0.313 e. The second-order valence-electron chi connectivity index (χ2n) is 3.63. The van der Waals surface area contributed by atoms with Crippen molar-refractivity contribution in [1.82, 2.24) is 5.32 Å². The average molecular weight is 342 g/mol. The summed E-state index contributed by atoms with van der Waals surface area (Å²) in [6.07, 6.45) is 0.493. The van der Waals surface area contributed by atoms with E-state index in [2.05, 4.69) is 21.2 Å². The van der Waals surface area contributed by atoms with Crippen molar-refractivity contribution in [3.05, 3.63) is 33.3 Å². The SMILES string of the molecule is NS(=O)(=O)CCCNCc1ccc(Br)cc1Cl. The number of nitrogens with one attached hydrogen (secondary N) is 1. The van der Waals surface area contributed by atoms with E-state index in [9.17, 15) is 8.42 Å². The van der Waals surface area contributed by atoms with Gasteiger partial charge in [0.25, 0.3) is 0 Å². The van der Waals surface area contributed by atoms with Crippen LogP contribution in [0.4, 0.5) is 0 Å². The molecular weight excluding hydrogens is 328 g/mol. The first-order chi connectivity index (χ1) is 7.88. The molecule has 7 heteroatoms. The van der Waals surface area contributed by atoms with Crippen molar-refractivity contribution in [1.29, 1.82) is 0 Å². The van der Waals surface area contributed by atoms with E-state index in [1.165, 1.54) is 0 Å². The third-order valence-corrected chi connectivity index (χ3v) is 3.82. The molecule has 0 radical (unpaired) electrons. The van der Waals surface area contributed by atoms with Gasteiger partial charge in [0.15, 0.2) is 0 Å². The van der Waals surface area contributed by atoms with E-state index >= 15 is 0 Å². The van der Waals surface area contributed by atoms with Gasteiger partial charge in [-0.3, -0.25) is 0 Å². The highest BCUT2D eigenvalue weighted by Gasteiger charge is 2.03. The Balaban J connectivity index is 2.32. The van der Waals surface area contributed by atoms with Crippen LogP contribution in [0.25, 0.3) is 0 Å². The van der Waals surface area contributed by atoms with Gasteiger partial charge in [0, 0.05) is 16.0 Å². The van der Waals surface area contributed by atoms with Gasteiger partial charge < -0.3 is 5.32 Å². The summed E-state index contributed by atoms with van der Waals surface area (Å²) in [5.74, 6) is -0.00588. The zero-order chi connectivity index (χ0) is 12.9. The van der Waals surface area contributed by atoms with Crippen molar-refractivity contribution >= 4 is 37.6 Å². The molecule has 3 N–H and O–H groups in total. The molecule has 0 spiro atoms. The van der Waals surface area contributed by atoms with E-state index in [0.29, 0.717) is 24.5 Å². The smallest absolute Gasteiger partial charge is 0.209 e. The Morgan fingerprint density at radius 2 is 2.12 bits per heavy atom. The summed E-state index contributed by atoms with van der Waals surface area (Å²) >= 11 is 9.35. The Kier molecular flexibility index (Phi) is 5.88. The Labute approximate surface area is 115 Å². The molecule has 0 saturated carbocycles. The first kappa shape index (κ1) is 14.9. The number of hydrogen-bond donors (Lipinski definition) is 2. The van der Waals surface area contributed by atoms with Gasteiger partial charge in [0.05, 0.1) is 5.75 Å². The lowest BCUT2D eigenvalue weighted by Gasteiger charge is -2.06. The number of hydrogen-bond acceptors (Lipinski definition) is 3. The van der Waals surface area contributed by atoms with Crippen molar-refractivity contribution in [3.63, 3.8) is 0 Å². The summed E-state index contributed by atoms with van der Waals surface area (Å²) in [7, 11) is -3.36. The molecule has 0 aliphatic heterocycles. The van der Waals surface area contributed by atoms with Crippen LogP contribution in [0.15, 0.2) is 22.7 Å². The van der Waals surface area contributed by atoms with E-state index < -0.39 is 10.0 Å². The highest BCUT2D eigenvalue weighted by atomic mass is 79.9. The Morgan fingerprint density at radius 1 is 1.41 bits per heavy atom. The van der Waals surface area contributed by atoms with E-state index in [1.54, 1.807) is 0 Å². The lowest BCUT2D eigenvalue weighted by atomic mass is 10.2. The minimum atomic E-state index is -3.36. The quantitative estimate of drug-likeness (QED) is 0.776. The molecule has 0 amide bonds. The van der Waals surface area contributed by atoms with Gasteiger partial charge in [-0.1, -0.05) is 33.6 Å². The number of benzene rings is 1. The second-order valence-corrected chi connectivity index (χ2v) is 6.69. The first-order valence-electron chi connectivity index (χ1n) is 5.03. The van der Waals surface area contributed by atoms with Crippen LogP contribution in [0, 0.1) is 0 Å². The van der Waals surface area contributed by atoms with Crippen molar-refractivity contribution in [2.24, 2.45) is 5.14 Å². The molecule has 0 saturated heterocycles. The maximum absolute atomic E-state index is 10.7. The van der Waals surface area contributed by atoms with Crippen molar-refractivity contribution < 1.29 is 8.42 Å². The van der Waals surface area contributed by atoms with Crippen molar-refractivity contribution in [2.45, 2.75) is 13.0 Å². The molecule has 0 bridgehead atoms. The largest absolute Gasteiger partial charge is 0.313 e. The number of nitrogens with two attached hydrogens (primary N) is 1. The van der Waals surface area contributed by atoms with E-state index in [1.807, 2.05) is 18.2 Å². The fourth-order valence-electron chi connectivity index (χ4n) is 1.29. The summed E-state index contributed by atoms with van der Waals surface area (Å²) in [6.45, 7) is 1.19. The van der Waals surface area contributed by atoms with E-state index in [4.69, 9.17) is 16.7 Å². The highest BCUT2D eigenvalue weighted by Crippen LogP contribution is 2.20. The van der Waals surface area contributed by atoms with Gasteiger partial charge in [-0.2, -0.15) is 0 Å². The van der Waals surface area contributed by atoms with Crippen LogP contribution in [0.3, 0.4) is 0 Å². The normalized spacial score (nSPS) is 11.7. The van der Waals surface area contributed by atoms with Crippen LogP contribution < -0.4 is 10.5 Å². The molecule has 0 aliphatic rings. The standard InChI is InChI=1S/C10H14BrClN2O2S/c11-9-3-2-8(10(12)6-9)7-14-4-1-5-17(13,15)16/h2-3,6,14H,1,4-5,7H2,(H2,13,15,16). The maximum atomic E-state index is 10.7. The molecule has 17 heavy (non-hydrogen) atoms. The molecule has 0 atom stereocenters. The predicted octanol–water partition coefficient (Wildman–Crippen LogP) is 1.87. The van der Waals surface area contributed by atoms with Crippen LogP contribution in [0.1, 0.15) is 12.0 Å². The molecule has 1 aromatic carbocycles. The van der Waals surface area contributed by atoms with Gasteiger partial charge in [0.2, 0.25) is 10.0 Å². The number of sulfonamides is 1. The van der Waals surface area contributed by atoms with Gasteiger partial charge >= 0.3 is 0 Å². The van der Waals surface area contributed by atoms with E-state index in [0.717, 1.165) is 10.0 Å². The zero-order valence-corrected chi connectivity index (χ0v) is 12.3. The molecule has 0 heterocycles. The zero-order valence-electron chi connectivity index (χ0n) is 9.12. The van der Waals surface area contributed by atoms with Crippen LogP contribution in [-0.4, -0.2) is 20.7 Å². The topological polar surface area (TPSA) is 72.2 Å². The van der Waals surface area contributed by atoms with Gasteiger partial charge in [0.1, 0.15) is 0 Å². The predicted molar refractivity (Wildman–Crippen MR) is 73.4 cm³/mol. The van der Waals surface area contributed by atoms with Crippen LogP contribution in [-0.2, 0) is 16.6 Å². The average Bonchev–Trinajstić information content (AvgIpc) is 2.18. The Bertz CT molecular complexity index is 479. The molecule has 0 unspecified atom stereocenters. The number of primary sulfonamides is 1. The van der Waals surface area contributed by atoms with Crippen LogP contribution >= 0.6 is 27.5 Å². The second kappa shape index (κ2) is 6.70. The molecule has 1 rings (SSSR count). The summed E-state index contributed by atoms with van der Waals surface area (Å²) in [6, 6.07) is 5.65. The van der Waals surface area contributed by atoms with Gasteiger partial charge in [-0.05, 0) is 30.7 Å². The van der Waals surface area contributed by atoms with Crippen molar-refractivity contribution in [3.8, 4) is 0 Å². The van der Waals surface area contributed by atoms with Crippen LogP contribution in [0.5, 0.6) is 0 Å². The fourth-order valence-corrected chi connectivity index (χ4v) is 2.57.